The smallest absolute Gasteiger partial charge is 0.376 e. The van der Waals surface area contributed by atoms with E-state index in [2.05, 4.69) is 4.18 Å². The second-order valence-electron chi connectivity index (χ2n) is 12.4. The molecule has 0 bridgehead atoms. The predicted molar refractivity (Wildman–Crippen MR) is 191 cm³/mol. The zero-order valence-electron chi connectivity index (χ0n) is 28.6. The minimum atomic E-state index is -5.94. The molecular weight excluding hydrogens is 710 g/mol. The van der Waals surface area contributed by atoms with Gasteiger partial charge in [0.25, 0.3) is 0 Å². The average Bonchev–Trinajstić information content (AvgIpc) is 3.17. The average molecular weight is 749 g/mol. The summed E-state index contributed by atoms with van der Waals surface area (Å²) in [4.78, 5) is 0. The predicted octanol–water partition coefficient (Wildman–Crippen LogP) is 8.33. The summed E-state index contributed by atoms with van der Waals surface area (Å²) in [6.45, 7) is 0.859. The van der Waals surface area contributed by atoms with Gasteiger partial charge >= 0.3 is 15.6 Å². The summed E-state index contributed by atoms with van der Waals surface area (Å²) < 4.78 is 101. The molecule has 12 heteroatoms. The van der Waals surface area contributed by atoms with Crippen molar-refractivity contribution in [2.75, 3.05) is 6.61 Å². The maximum atomic E-state index is 13.3. The molecule has 8 nitrogen and oxygen atoms in total. The summed E-state index contributed by atoms with van der Waals surface area (Å²) in [6.07, 6.45) is -4.22. The lowest BCUT2D eigenvalue weighted by atomic mass is 9.90. The van der Waals surface area contributed by atoms with Crippen molar-refractivity contribution in [2.45, 2.75) is 62.5 Å². The number of benzene rings is 5. The van der Waals surface area contributed by atoms with E-state index in [1.807, 2.05) is 121 Å². The van der Waals surface area contributed by atoms with Crippen LogP contribution in [0.15, 0.2) is 146 Å². The monoisotopic (exact) mass is 748 g/mol. The molecule has 0 radical (unpaired) electrons. The summed E-state index contributed by atoms with van der Waals surface area (Å²) in [5.74, 6) is -0.536. The third-order valence-corrected chi connectivity index (χ3v) is 9.54. The number of rotatable bonds is 16. The quantitative estimate of drug-likeness (QED) is 0.0736. The third kappa shape index (κ3) is 10.5. The van der Waals surface area contributed by atoms with Crippen molar-refractivity contribution in [1.29, 1.82) is 0 Å². The molecule has 5 aromatic rings. The van der Waals surface area contributed by atoms with Crippen LogP contribution in [0, 0.1) is 0 Å². The molecular formula is C41H39F3O8S. The highest BCUT2D eigenvalue weighted by Gasteiger charge is 2.50. The molecule has 0 aliphatic carbocycles. The van der Waals surface area contributed by atoms with E-state index in [1.165, 1.54) is 12.1 Å². The van der Waals surface area contributed by atoms with Crippen LogP contribution < -0.4 is 4.18 Å². The van der Waals surface area contributed by atoms with Gasteiger partial charge in [0.1, 0.15) is 36.3 Å². The van der Waals surface area contributed by atoms with Crippen LogP contribution in [-0.2, 0) is 60.2 Å². The van der Waals surface area contributed by atoms with Crippen LogP contribution in [0.25, 0.3) is 0 Å². The Hall–Kier alpha value is -4.56. The fourth-order valence-corrected chi connectivity index (χ4v) is 6.43. The van der Waals surface area contributed by atoms with Crippen LogP contribution in [0.5, 0.6) is 5.75 Å². The van der Waals surface area contributed by atoms with E-state index < -0.39 is 51.9 Å². The van der Waals surface area contributed by atoms with Crippen molar-refractivity contribution in [3.63, 3.8) is 0 Å². The standard InChI is InChI=1S/C41H39F3O8S/c42-41(43,44)53(45,46)52-35-23-13-22-34(24-35)37-39(49-27-32-18-9-3-10-19-32)40(50-28-33-20-11-4-12-21-33)38(48-26-31-16-7-2-8-17-31)36(51-37)29-47-25-30-14-5-1-6-15-30/h1-24,36-40H,25-29H2/t36-,37+,38-,39+,40+/m1/s1. The van der Waals surface area contributed by atoms with E-state index in [9.17, 15) is 21.6 Å². The molecule has 6 rings (SSSR count). The maximum absolute atomic E-state index is 13.3. The van der Waals surface area contributed by atoms with Gasteiger partial charge in [-0.3, -0.25) is 0 Å². The summed E-state index contributed by atoms with van der Waals surface area (Å²) in [6, 6.07) is 43.6. The molecule has 0 unspecified atom stereocenters. The van der Waals surface area contributed by atoms with E-state index >= 15 is 0 Å². The minimum absolute atomic E-state index is 0.0557. The number of halogens is 3. The molecule has 5 aromatic carbocycles. The van der Waals surface area contributed by atoms with E-state index in [0.717, 1.165) is 28.3 Å². The highest BCUT2D eigenvalue weighted by atomic mass is 32.2. The summed E-state index contributed by atoms with van der Waals surface area (Å²) in [5.41, 5.74) is -1.70. The molecule has 0 aromatic heterocycles. The molecule has 278 valence electrons. The van der Waals surface area contributed by atoms with Gasteiger partial charge < -0.3 is 27.9 Å². The van der Waals surface area contributed by atoms with Gasteiger partial charge in [0.05, 0.1) is 33.0 Å². The Kier molecular flexibility index (Phi) is 12.9. The summed E-state index contributed by atoms with van der Waals surface area (Å²) in [5, 5.41) is 0. The molecule has 53 heavy (non-hydrogen) atoms. The van der Waals surface area contributed by atoms with Gasteiger partial charge in [0.15, 0.2) is 0 Å². The van der Waals surface area contributed by atoms with E-state index in [1.54, 1.807) is 6.07 Å². The van der Waals surface area contributed by atoms with Gasteiger partial charge in [-0.1, -0.05) is 133 Å². The second kappa shape index (κ2) is 18.0. The van der Waals surface area contributed by atoms with Crippen molar-refractivity contribution in [3.05, 3.63) is 173 Å². The summed E-state index contributed by atoms with van der Waals surface area (Å²) >= 11 is 0. The molecule has 1 fully saturated rings. The second-order valence-corrected chi connectivity index (χ2v) is 14.0. The van der Waals surface area contributed by atoms with Crippen molar-refractivity contribution in [3.8, 4) is 5.75 Å². The van der Waals surface area contributed by atoms with Crippen LogP contribution >= 0.6 is 0 Å². The normalized spacial score (nSPS) is 20.5. The first-order valence-corrected chi connectivity index (χ1v) is 18.4. The number of ether oxygens (including phenoxy) is 5. The van der Waals surface area contributed by atoms with Gasteiger partial charge in [0.2, 0.25) is 0 Å². The Labute approximate surface area is 307 Å². The van der Waals surface area contributed by atoms with Crippen molar-refractivity contribution in [1.82, 2.24) is 0 Å². The van der Waals surface area contributed by atoms with Gasteiger partial charge in [0, 0.05) is 0 Å². The third-order valence-electron chi connectivity index (χ3n) is 8.56. The van der Waals surface area contributed by atoms with E-state index in [0.29, 0.717) is 5.56 Å². The molecule has 0 spiro atoms. The number of alkyl halides is 3. The minimum Gasteiger partial charge on any atom is -0.376 e. The van der Waals surface area contributed by atoms with Crippen molar-refractivity contribution >= 4 is 10.1 Å². The lowest BCUT2D eigenvalue weighted by molar-refractivity contribution is -0.275. The van der Waals surface area contributed by atoms with Crippen LogP contribution in [0.1, 0.15) is 33.9 Å². The molecule has 0 saturated carbocycles. The van der Waals surface area contributed by atoms with Gasteiger partial charge in [-0.25, -0.2) is 0 Å². The molecule has 1 aliphatic heterocycles. The highest BCUT2D eigenvalue weighted by molar-refractivity contribution is 7.88. The van der Waals surface area contributed by atoms with Crippen LogP contribution in [0.3, 0.4) is 0 Å². The Bertz CT molecular complexity index is 1950. The maximum Gasteiger partial charge on any atom is 0.534 e. The van der Waals surface area contributed by atoms with Crippen LogP contribution in [-0.4, -0.2) is 44.9 Å². The van der Waals surface area contributed by atoms with E-state index in [4.69, 9.17) is 23.7 Å². The molecule has 0 amide bonds. The van der Waals surface area contributed by atoms with Crippen LogP contribution in [0.4, 0.5) is 13.2 Å². The van der Waals surface area contributed by atoms with Gasteiger partial charge in [-0.2, -0.15) is 21.6 Å². The molecule has 1 aliphatic rings. The lowest BCUT2D eigenvalue weighted by Crippen LogP contribution is -2.58. The molecule has 5 atom stereocenters. The first-order chi connectivity index (χ1) is 25.7. The Morgan fingerprint density at radius 2 is 1.00 bits per heavy atom. The first kappa shape index (κ1) is 38.2. The van der Waals surface area contributed by atoms with E-state index in [-0.39, 0.29) is 33.0 Å². The highest BCUT2D eigenvalue weighted by Crippen LogP contribution is 2.40. The SMILES string of the molecule is O=S(=O)(Oc1cccc([C@@H]2O[C@H](COCc3ccccc3)[C@@H](OCc3ccccc3)[C@H](OCc3ccccc3)[C@H]2OCc2ccccc2)c1)C(F)(F)F. The zero-order chi connectivity index (χ0) is 37.1. The van der Waals surface area contributed by atoms with Gasteiger partial charge in [-0.05, 0) is 39.9 Å². The van der Waals surface area contributed by atoms with Crippen molar-refractivity contribution in [2.24, 2.45) is 0 Å². The Morgan fingerprint density at radius 3 is 1.49 bits per heavy atom. The van der Waals surface area contributed by atoms with Crippen molar-refractivity contribution < 1.29 is 49.5 Å². The number of hydrogen-bond acceptors (Lipinski definition) is 8. The topological polar surface area (TPSA) is 89.5 Å². The summed E-state index contributed by atoms with van der Waals surface area (Å²) in [7, 11) is -5.94. The first-order valence-electron chi connectivity index (χ1n) is 17.0. The Balaban J connectivity index is 1.38. The van der Waals surface area contributed by atoms with Crippen LogP contribution in [0.2, 0.25) is 0 Å². The van der Waals surface area contributed by atoms with Gasteiger partial charge in [-0.15, -0.1) is 0 Å². The number of hydrogen-bond donors (Lipinski definition) is 0. The molecule has 1 heterocycles. The largest absolute Gasteiger partial charge is 0.534 e. The molecule has 1 saturated heterocycles. The zero-order valence-corrected chi connectivity index (χ0v) is 29.4. The lowest BCUT2D eigenvalue weighted by Gasteiger charge is -2.46. The fraction of sp³-hybridized carbons (Fsp3) is 0.268. The Morgan fingerprint density at radius 1 is 0.547 bits per heavy atom. The molecule has 0 N–H and O–H groups in total. The fourth-order valence-electron chi connectivity index (χ4n) is 5.97.